The lowest BCUT2D eigenvalue weighted by Crippen LogP contribution is -2.17. The molecule has 0 aliphatic carbocycles. The van der Waals surface area contributed by atoms with Gasteiger partial charge in [0, 0.05) is 0 Å². The van der Waals surface area contributed by atoms with Crippen LogP contribution < -0.4 is 4.74 Å². The van der Waals surface area contributed by atoms with E-state index in [2.05, 4.69) is 25.5 Å². The lowest BCUT2D eigenvalue weighted by Gasteiger charge is -2.22. The fourth-order valence-electron chi connectivity index (χ4n) is 1.53. The Bertz CT molecular complexity index is 369. The monoisotopic (exact) mass is 246 g/mol. The first-order valence-electron chi connectivity index (χ1n) is 5.56. The Morgan fingerprint density at radius 2 is 1.82 bits per heavy atom. The van der Waals surface area contributed by atoms with Crippen LogP contribution in [0.1, 0.15) is 32.8 Å². The maximum absolute atomic E-state index is 12.1. The third kappa shape index (κ3) is 5.11. The first-order valence-corrected chi connectivity index (χ1v) is 5.56. The van der Waals surface area contributed by atoms with Gasteiger partial charge in [0.2, 0.25) is 0 Å². The molecular weight excluding hydrogens is 229 g/mol. The molecule has 0 fully saturated rings. The molecule has 1 aromatic carbocycles. The molecule has 0 radical (unpaired) electrons. The minimum absolute atomic E-state index is 0.0802. The van der Waals surface area contributed by atoms with Crippen molar-refractivity contribution < 1.29 is 17.9 Å². The number of hydrogen-bond acceptors (Lipinski definition) is 1. The summed E-state index contributed by atoms with van der Waals surface area (Å²) >= 11 is 0. The average Bonchev–Trinajstić information content (AvgIpc) is 2.14. The van der Waals surface area contributed by atoms with Crippen LogP contribution in [0.5, 0.6) is 5.75 Å². The van der Waals surface area contributed by atoms with Crippen molar-refractivity contribution in [1.29, 1.82) is 0 Å². The number of benzene rings is 1. The number of alkyl halides is 3. The summed E-state index contributed by atoms with van der Waals surface area (Å²) in [6.45, 7) is 6.24. The standard InChI is InChI=1S/C13H17F3O/c1-4-12(2,3)9-10-6-5-7-11(8-10)17-13(14,15)16/h5-8H,4,9H2,1-3H3. The number of rotatable bonds is 4. The van der Waals surface area contributed by atoms with E-state index in [1.807, 2.05) is 6.07 Å². The Balaban J connectivity index is 2.80. The zero-order chi connectivity index (χ0) is 13.1. The third-order valence-corrected chi connectivity index (χ3v) is 2.77. The zero-order valence-electron chi connectivity index (χ0n) is 10.3. The highest BCUT2D eigenvalue weighted by molar-refractivity contribution is 5.29. The van der Waals surface area contributed by atoms with Crippen molar-refractivity contribution in [2.75, 3.05) is 0 Å². The molecule has 1 aromatic rings. The molecule has 0 N–H and O–H groups in total. The minimum atomic E-state index is -4.63. The highest BCUT2D eigenvalue weighted by Gasteiger charge is 2.31. The third-order valence-electron chi connectivity index (χ3n) is 2.77. The highest BCUT2D eigenvalue weighted by atomic mass is 19.4. The Labute approximate surface area is 99.6 Å². The molecule has 0 aromatic heterocycles. The fraction of sp³-hybridized carbons (Fsp3) is 0.538. The predicted octanol–water partition coefficient (Wildman–Crippen LogP) is 4.56. The van der Waals surface area contributed by atoms with Gasteiger partial charge in [-0.05, 0) is 29.5 Å². The van der Waals surface area contributed by atoms with Crippen LogP contribution in [0.4, 0.5) is 13.2 Å². The van der Waals surface area contributed by atoms with Crippen LogP contribution in [0.2, 0.25) is 0 Å². The van der Waals surface area contributed by atoms with Gasteiger partial charge in [0.1, 0.15) is 5.75 Å². The van der Waals surface area contributed by atoms with E-state index in [1.165, 1.54) is 12.1 Å². The van der Waals surface area contributed by atoms with Gasteiger partial charge in [0.15, 0.2) is 0 Å². The summed E-state index contributed by atoms with van der Waals surface area (Å²) in [7, 11) is 0. The molecule has 4 heteroatoms. The van der Waals surface area contributed by atoms with Gasteiger partial charge in [-0.25, -0.2) is 0 Å². The summed E-state index contributed by atoms with van der Waals surface area (Å²) in [4.78, 5) is 0. The SMILES string of the molecule is CCC(C)(C)Cc1cccc(OC(F)(F)F)c1. The zero-order valence-corrected chi connectivity index (χ0v) is 10.3. The normalized spacial score (nSPS) is 12.6. The van der Waals surface area contributed by atoms with Gasteiger partial charge in [-0.1, -0.05) is 39.3 Å². The van der Waals surface area contributed by atoms with Crippen molar-refractivity contribution in [3.05, 3.63) is 29.8 Å². The number of hydrogen-bond donors (Lipinski definition) is 0. The molecule has 0 heterocycles. The summed E-state index contributed by atoms with van der Waals surface area (Å²) in [6.07, 6.45) is -2.92. The van der Waals surface area contributed by atoms with E-state index in [-0.39, 0.29) is 11.2 Å². The van der Waals surface area contributed by atoms with E-state index >= 15 is 0 Å². The van der Waals surface area contributed by atoms with Gasteiger partial charge in [-0.3, -0.25) is 0 Å². The summed E-state index contributed by atoms with van der Waals surface area (Å²) in [5.41, 5.74) is 0.940. The molecule has 0 saturated heterocycles. The van der Waals surface area contributed by atoms with Crippen LogP contribution in [0.3, 0.4) is 0 Å². The molecule has 0 aliphatic heterocycles. The topological polar surface area (TPSA) is 9.23 Å². The van der Waals surface area contributed by atoms with Crippen molar-refractivity contribution >= 4 is 0 Å². The lowest BCUT2D eigenvalue weighted by molar-refractivity contribution is -0.274. The summed E-state index contributed by atoms with van der Waals surface area (Å²) in [6, 6.07) is 6.17. The molecule has 0 unspecified atom stereocenters. The molecule has 0 aliphatic rings. The maximum Gasteiger partial charge on any atom is 0.573 e. The van der Waals surface area contributed by atoms with Crippen LogP contribution in [0.25, 0.3) is 0 Å². The van der Waals surface area contributed by atoms with E-state index < -0.39 is 6.36 Å². The van der Waals surface area contributed by atoms with Crippen LogP contribution >= 0.6 is 0 Å². The second kappa shape index (κ2) is 4.98. The minimum Gasteiger partial charge on any atom is -0.406 e. The largest absolute Gasteiger partial charge is 0.573 e. The van der Waals surface area contributed by atoms with Crippen molar-refractivity contribution in [3.8, 4) is 5.75 Å². The van der Waals surface area contributed by atoms with Gasteiger partial charge in [-0.2, -0.15) is 0 Å². The van der Waals surface area contributed by atoms with Crippen molar-refractivity contribution in [3.63, 3.8) is 0 Å². The van der Waals surface area contributed by atoms with Gasteiger partial charge < -0.3 is 4.74 Å². The molecule has 17 heavy (non-hydrogen) atoms. The maximum atomic E-state index is 12.1. The molecule has 1 nitrogen and oxygen atoms in total. The Kier molecular flexibility index (Phi) is 4.07. The van der Waals surface area contributed by atoms with E-state index in [0.29, 0.717) is 0 Å². The van der Waals surface area contributed by atoms with Crippen molar-refractivity contribution in [2.24, 2.45) is 5.41 Å². The first-order chi connectivity index (χ1) is 7.72. The van der Waals surface area contributed by atoms with Crippen LogP contribution in [-0.4, -0.2) is 6.36 Å². The molecular formula is C13H17F3O. The summed E-state index contributed by atoms with van der Waals surface area (Å²) < 4.78 is 40.1. The number of ether oxygens (including phenoxy) is 1. The summed E-state index contributed by atoms with van der Waals surface area (Å²) in [5, 5.41) is 0. The van der Waals surface area contributed by atoms with Crippen LogP contribution in [0, 0.1) is 5.41 Å². The Hall–Kier alpha value is -1.19. The fourth-order valence-corrected chi connectivity index (χ4v) is 1.53. The van der Waals surface area contributed by atoms with Crippen molar-refractivity contribution in [2.45, 2.75) is 40.0 Å². The Morgan fingerprint density at radius 3 is 2.35 bits per heavy atom. The second-order valence-electron chi connectivity index (χ2n) is 4.89. The van der Waals surface area contributed by atoms with E-state index in [4.69, 9.17) is 0 Å². The average molecular weight is 246 g/mol. The first kappa shape index (κ1) is 13.9. The smallest absolute Gasteiger partial charge is 0.406 e. The van der Waals surface area contributed by atoms with E-state index in [9.17, 15) is 13.2 Å². The highest BCUT2D eigenvalue weighted by Crippen LogP contribution is 2.28. The quantitative estimate of drug-likeness (QED) is 0.756. The van der Waals surface area contributed by atoms with Gasteiger partial charge in [-0.15, -0.1) is 13.2 Å². The number of halogens is 3. The summed E-state index contributed by atoms with van der Waals surface area (Å²) in [5.74, 6) is -0.151. The molecule has 0 bridgehead atoms. The lowest BCUT2D eigenvalue weighted by atomic mass is 9.83. The van der Waals surface area contributed by atoms with Gasteiger partial charge >= 0.3 is 6.36 Å². The predicted molar refractivity (Wildman–Crippen MR) is 60.9 cm³/mol. The second-order valence-corrected chi connectivity index (χ2v) is 4.89. The van der Waals surface area contributed by atoms with Gasteiger partial charge in [0.05, 0.1) is 0 Å². The van der Waals surface area contributed by atoms with Crippen molar-refractivity contribution in [1.82, 2.24) is 0 Å². The van der Waals surface area contributed by atoms with Gasteiger partial charge in [0.25, 0.3) is 0 Å². The Morgan fingerprint density at radius 1 is 1.18 bits per heavy atom. The molecule has 0 spiro atoms. The molecule has 1 rings (SSSR count). The van der Waals surface area contributed by atoms with Crippen LogP contribution in [-0.2, 0) is 6.42 Å². The molecule has 96 valence electrons. The molecule has 0 amide bonds. The molecule has 0 atom stereocenters. The van der Waals surface area contributed by atoms with E-state index in [0.717, 1.165) is 18.4 Å². The molecule has 0 saturated carbocycles. The van der Waals surface area contributed by atoms with Crippen LogP contribution in [0.15, 0.2) is 24.3 Å². The van der Waals surface area contributed by atoms with E-state index in [1.54, 1.807) is 6.07 Å².